The number of imidazole rings is 2. The molecule has 0 N–H and O–H groups in total. The monoisotopic (exact) mass is 427 g/mol. The highest BCUT2D eigenvalue weighted by Gasteiger charge is 2.21. The van der Waals surface area contributed by atoms with E-state index in [1.807, 2.05) is 41.1 Å². The van der Waals surface area contributed by atoms with Crippen LogP contribution in [-0.4, -0.2) is 23.1 Å². The van der Waals surface area contributed by atoms with Gasteiger partial charge in [0.25, 0.3) is 5.56 Å². The van der Waals surface area contributed by atoms with Crippen molar-refractivity contribution >= 4 is 16.9 Å². The molecule has 0 aliphatic rings. The van der Waals surface area contributed by atoms with Gasteiger partial charge in [-0.2, -0.15) is 4.98 Å². The number of aromatic nitrogens is 5. The molecule has 0 saturated carbocycles. The summed E-state index contributed by atoms with van der Waals surface area (Å²) >= 11 is 0. The molecule has 7 heteroatoms. The highest BCUT2D eigenvalue weighted by atomic mass is 16.2. The lowest BCUT2D eigenvalue weighted by Crippen LogP contribution is -2.37. The van der Waals surface area contributed by atoms with Gasteiger partial charge in [0, 0.05) is 31.5 Å². The fraction of sp³-hybridized carbons (Fsp3) is 0.240. The van der Waals surface area contributed by atoms with Crippen molar-refractivity contribution in [3.05, 3.63) is 87.2 Å². The van der Waals surface area contributed by atoms with Crippen LogP contribution < -0.4 is 11.2 Å². The molecule has 3 aromatic heterocycles. The van der Waals surface area contributed by atoms with Crippen LogP contribution in [0.4, 0.5) is 0 Å². The Morgan fingerprint density at radius 1 is 0.906 bits per heavy atom. The normalized spacial score (nSPS) is 11.6. The molecule has 0 bridgehead atoms. The third kappa shape index (κ3) is 3.00. The molecule has 0 aliphatic heterocycles. The minimum Gasteiger partial charge on any atom is -0.279 e. The predicted octanol–water partition coefficient (Wildman–Crippen LogP) is 3.69. The van der Waals surface area contributed by atoms with E-state index >= 15 is 0 Å². The summed E-state index contributed by atoms with van der Waals surface area (Å²) in [5.41, 5.74) is 4.21. The first-order chi connectivity index (χ1) is 15.5. The van der Waals surface area contributed by atoms with E-state index in [1.165, 1.54) is 17.2 Å². The Balaban J connectivity index is 1.83. The van der Waals surface area contributed by atoms with Crippen LogP contribution in [0.25, 0.3) is 33.9 Å². The van der Waals surface area contributed by atoms with Crippen LogP contribution in [0.5, 0.6) is 0 Å². The average Bonchev–Trinajstić information content (AvgIpc) is 3.37. The van der Waals surface area contributed by atoms with Crippen molar-refractivity contribution in [1.29, 1.82) is 0 Å². The smallest absolute Gasteiger partial charge is 0.279 e. The average molecular weight is 428 g/mol. The maximum atomic E-state index is 13.0. The summed E-state index contributed by atoms with van der Waals surface area (Å²) < 4.78 is 6.38. The molecule has 7 nitrogen and oxygen atoms in total. The Labute approximate surface area is 184 Å². The predicted molar refractivity (Wildman–Crippen MR) is 127 cm³/mol. The summed E-state index contributed by atoms with van der Waals surface area (Å²) in [6, 6.07) is 18.5. The topological polar surface area (TPSA) is 66.2 Å². The van der Waals surface area contributed by atoms with Crippen molar-refractivity contribution in [2.45, 2.75) is 26.2 Å². The molecule has 0 radical (unpaired) electrons. The molecule has 0 spiro atoms. The fourth-order valence-electron chi connectivity index (χ4n) is 4.23. The van der Waals surface area contributed by atoms with Gasteiger partial charge in [0.05, 0.1) is 5.69 Å². The van der Waals surface area contributed by atoms with Crippen molar-refractivity contribution in [3.8, 4) is 16.9 Å². The molecule has 0 aliphatic carbocycles. The van der Waals surface area contributed by atoms with Crippen LogP contribution in [0, 0.1) is 0 Å². The lowest BCUT2D eigenvalue weighted by molar-refractivity contribution is 0.708. The van der Waals surface area contributed by atoms with Gasteiger partial charge in [-0.05, 0) is 30.5 Å². The molecule has 0 amide bonds. The quantitative estimate of drug-likeness (QED) is 0.430. The molecular formula is C25H25N5O2. The molecule has 2 aromatic carbocycles. The van der Waals surface area contributed by atoms with Crippen molar-refractivity contribution in [1.82, 2.24) is 23.1 Å². The van der Waals surface area contributed by atoms with Crippen molar-refractivity contribution in [2.24, 2.45) is 14.1 Å². The molecule has 0 saturated heterocycles. The van der Waals surface area contributed by atoms with Gasteiger partial charge >= 0.3 is 5.69 Å². The number of aryl methyl sites for hydroxylation is 2. The van der Waals surface area contributed by atoms with Crippen LogP contribution in [0.15, 0.2) is 70.4 Å². The Morgan fingerprint density at radius 2 is 1.62 bits per heavy atom. The zero-order chi connectivity index (χ0) is 22.4. The zero-order valence-corrected chi connectivity index (χ0v) is 18.4. The molecule has 162 valence electrons. The maximum Gasteiger partial charge on any atom is 0.332 e. The highest BCUT2D eigenvalue weighted by molar-refractivity contribution is 5.79. The maximum absolute atomic E-state index is 13.0. The zero-order valence-electron chi connectivity index (χ0n) is 18.4. The molecule has 32 heavy (non-hydrogen) atoms. The van der Waals surface area contributed by atoms with Gasteiger partial charge < -0.3 is 0 Å². The highest BCUT2D eigenvalue weighted by Crippen LogP contribution is 2.29. The second kappa shape index (κ2) is 7.67. The van der Waals surface area contributed by atoms with Crippen LogP contribution in [0.2, 0.25) is 0 Å². The summed E-state index contributed by atoms with van der Waals surface area (Å²) in [6.45, 7) is 2.19. The summed E-state index contributed by atoms with van der Waals surface area (Å²) in [4.78, 5) is 30.2. The van der Waals surface area contributed by atoms with Crippen molar-refractivity contribution in [2.75, 3.05) is 0 Å². The number of benzene rings is 2. The molecule has 5 rings (SSSR count). The van der Waals surface area contributed by atoms with Crippen LogP contribution in [0.1, 0.15) is 25.3 Å². The van der Waals surface area contributed by atoms with E-state index < -0.39 is 5.69 Å². The first kappa shape index (κ1) is 20.1. The van der Waals surface area contributed by atoms with Gasteiger partial charge in [-0.3, -0.25) is 22.9 Å². The minimum absolute atomic E-state index is 0.359. The molecule has 0 unspecified atom stereocenters. The summed E-state index contributed by atoms with van der Waals surface area (Å²) in [5.74, 6) is 0.596. The number of nitrogens with zero attached hydrogens (tertiary/aromatic N) is 5. The largest absolute Gasteiger partial charge is 0.332 e. The van der Waals surface area contributed by atoms with Gasteiger partial charge in [0.1, 0.15) is 0 Å². The minimum atomic E-state index is -0.390. The van der Waals surface area contributed by atoms with Crippen molar-refractivity contribution in [3.63, 3.8) is 0 Å². The number of hydrogen-bond donors (Lipinski definition) is 0. The van der Waals surface area contributed by atoms with Crippen LogP contribution in [-0.2, 0) is 20.5 Å². The number of hydrogen-bond acceptors (Lipinski definition) is 3. The van der Waals surface area contributed by atoms with Crippen LogP contribution >= 0.6 is 0 Å². The van der Waals surface area contributed by atoms with Gasteiger partial charge in [0.15, 0.2) is 11.2 Å². The van der Waals surface area contributed by atoms with Gasteiger partial charge in [-0.1, -0.05) is 55.8 Å². The van der Waals surface area contributed by atoms with Crippen LogP contribution in [0.3, 0.4) is 0 Å². The second-order valence-corrected chi connectivity index (χ2v) is 8.15. The van der Waals surface area contributed by atoms with Gasteiger partial charge in [0.2, 0.25) is 5.78 Å². The van der Waals surface area contributed by atoms with E-state index in [0.717, 1.165) is 40.8 Å². The van der Waals surface area contributed by atoms with Gasteiger partial charge in [-0.25, -0.2) is 4.79 Å². The van der Waals surface area contributed by atoms with E-state index in [9.17, 15) is 9.59 Å². The Kier molecular flexibility index (Phi) is 4.81. The Bertz CT molecular complexity index is 1550. The number of rotatable bonds is 5. The van der Waals surface area contributed by atoms with E-state index in [2.05, 4.69) is 31.2 Å². The van der Waals surface area contributed by atoms with Crippen molar-refractivity contribution < 1.29 is 0 Å². The number of unbranched alkanes of at least 4 members (excludes halogenated alkanes) is 1. The van der Waals surface area contributed by atoms with E-state index in [1.54, 1.807) is 11.4 Å². The summed E-state index contributed by atoms with van der Waals surface area (Å²) in [6.07, 6.45) is 5.30. The number of fused-ring (bicyclic) bond motifs is 3. The standard InChI is InChI=1S/C25H25N5O2/c1-4-5-9-17-12-14-19(15-13-17)30-20(18-10-7-6-8-11-18)16-29-21-22(26-24(29)30)27(2)25(32)28(3)23(21)31/h6-8,10-16H,4-5,9H2,1-3H3. The fourth-order valence-corrected chi connectivity index (χ4v) is 4.23. The molecule has 3 heterocycles. The lowest BCUT2D eigenvalue weighted by atomic mass is 10.1. The third-order valence-corrected chi connectivity index (χ3v) is 6.05. The first-order valence-electron chi connectivity index (χ1n) is 10.9. The third-order valence-electron chi connectivity index (χ3n) is 6.05. The van der Waals surface area contributed by atoms with E-state index in [4.69, 9.17) is 4.98 Å². The molecule has 0 fully saturated rings. The Hall–Kier alpha value is -3.87. The molecular weight excluding hydrogens is 402 g/mol. The molecule has 0 atom stereocenters. The molecule has 5 aromatic rings. The van der Waals surface area contributed by atoms with E-state index in [0.29, 0.717) is 16.9 Å². The van der Waals surface area contributed by atoms with E-state index in [-0.39, 0.29) is 5.56 Å². The Morgan fingerprint density at radius 3 is 2.31 bits per heavy atom. The lowest BCUT2D eigenvalue weighted by Gasteiger charge is -2.10. The summed E-state index contributed by atoms with van der Waals surface area (Å²) in [7, 11) is 3.13. The first-order valence-corrected chi connectivity index (χ1v) is 10.9. The SMILES string of the molecule is CCCCc1ccc(-n2c(-c3ccccc3)cn3c4c(=O)n(C)c(=O)n(C)c4nc23)cc1. The van der Waals surface area contributed by atoms with Gasteiger partial charge in [-0.15, -0.1) is 0 Å². The second-order valence-electron chi connectivity index (χ2n) is 8.15. The summed E-state index contributed by atoms with van der Waals surface area (Å²) in [5, 5.41) is 0.